The largest absolute Gasteiger partial charge is 0.352 e. The van der Waals surface area contributed by atoms with Crippen LogP contribution in [0.3, 0.4) is 0 Å². The van der Waals surface area contributed by atoms with Crippen molar-refractivity contribution in [3.63, 3.8) is 0 Å². The topological polar surface area (TPSA) is 95.6 Å². The van der Waals surface area contributed by atoms with Gasteiger partial charge in [0.05, 0.1) is 0 Å². The van der Waals surface area contributed by atoms with Crippen LogP contribution in [0.15, 0.2) is 24.3 Å². The Morgan fingerprint density at radius 2 is 2.10 bits per heavy atom. The monoisotopic (exact) mass is 274 g/mol. The lowest BCUT2D eigenvalue weighted by molar-refractivity contribution is -0.121. The molecule has 0 aliphatic rings. The number of aromatic nitrogens is 4. The Morgan fingerprint density at radius 3 is 2.75 bits per heavy atom. The minimum atomic E-state index is 0.0718. The number of carbonyl (C=O) groups excluding carboxylic acids is 1. The van der Waals surface area contributed by atoms with E-state index < -0.39 is 0 Å². The van der Waals surface area contributed by atoms with Gasteiger partial charge in [0.25, 0.3) is 0 Å². The van der Waals surface area contributed by atoms with Crippen molar-refractivity contribution in [1.29, 1.82) is 0 Å². The summed E-state index contributed by atoms with van der Waals surface area (Å²) < 4.78 is 0. The Labute approximate surface area is 117 Å². The highest BCUT2D eigenvalue weighted by atomic mass is 16.1. The lowest BCUT2D eigenvalue weighted by Gasteiger charge is -2.05. The van der Waals surface area contributed by atoms with E-state index in [1.807, 2.05) is 31.3 Å². The van der Waals surface area contributed by atoms with Crippen LogP contribution >= 0.6 is 0 Å². The van der Waals surface area contributed by atoms with Crippen LogP contribution in [0.4, 0.5) is 0 Å². The van der Waals surface area contributed by atoms with Crippen LogP contribution in [-0.2, 0) is 11.3 Å². The number of H-pyrrole nitrogens is 1. The van der Waals surface area contributed by atoms with E-state index in [-0.39, 0.29) is 5.91 Å². The van der Waals surface area contributed by atoms with Crippen molar-refractivity contribution in [2.75, 3.05) is 13.6 Å². The molecule has 3 N–H and O–H groups in total. The quantitative estimate of drug-likeness (QED) is 0.638. The molecule has 0 saturated carbocycles. The summed E-state index contributed by atoms with van der Waals surface area (Å²) >= 11 is 0. The Balaban J connectivity index is 1.81. The summed E-state index contributed by atoms with van der Waals surface area (Å²) in [6.07, 6.45) is 1.39. The van der Waals surface area contributed by atoms with E-state index in [0.717, 1.165) is 24.1 Å². The van der Waals surface area contributed by atoms with Crippen molar-refractivity contribution in [3.05, 3.63) is 29.8 Å². The Hall–Kier alpha value is -2.28. The average molecular weight is 274 g/mol. The Bertz CT molecular complexity index is 522. The highest BCUT2D eigenvalue weighted by Gasteiger charge is 2.04. The first-order valence-corrected chi connectivity index (χ1v) is 6.53. The Kier molecular flexibility index (Phi) is 5.19. The molecular formula is C13H18N6O. The first kappa shape index (κ1) is 14.1. The van der Waals surface area contributed by atoms with Crippen molar-refractivity contribution < 1.29 is 4.79 Å². The van der Waals surface area contributed by atoms with Crippen molar-refractivity contribution in [1.82, 2.24) is 31.3 Å². The summed E-state index contributed by atoms with van der Waals surface area (Å²) in [4.78, 5) is 11.6. The maximum absolute atomic E-state index is 11.6. The predicted octanol–water partition coefficient (Wildman–Crippen LogP) is 0.482. The summed E-state index contributed by atoms with van der Waals surface area (Å²) in [6.45, 7) is 1.39. The molecular weight excluding hydrogens is 256 g/mol. The van der Waals surface area contributed by atoms with Gasteiger partial charge in [-0.15, -0.1) is 10.2 Å². The van der Waals surface area contributed by atoms with Crippen LogP contribution < -0.4 is 10.6 Å². The molecule has 1 amide bonds. The third kappa shape index (κ3) is 4.13. The maximum atomic E-state index is 11.6. The van der Waals surface area contributed by atoms with Crippen LogP contribution in [0.2, 0.25) is 0 Å². The summed E-state index contributed by atoms with van der Waals surface area (Å²) in [5.41, 5.74) is 1.93. The second-order valence-corrected chi connectivity index (χ2v) is 4.42. The molecule has 1 aromatic heterocycles. The molecule has 0 spiro atoms. The molecule has 7 heteroatoms. The van der Waals surface area contributed by atoms with Gasteiger partial charge in [-0.05, 0) is 30.8 Å². The van der Waals surface area contributed by atoms with E-state index in [0.29, 0.717) is 18.8 Å². The number of nitrogens with one attached hydrogen (secondary N) is 3. The summed E-state index contributed by atoms with van der Waals surface area (Å²) in [5.74, 6) is 0.634. The molecule has 0 radical (unpaired) electrons. The summed E-state index contributed by atoms with van der Waals surface area (Å²) in [6, 6.07) is 7.71. The smallest absolute Gasteiger partial charge is 0.220 e. The van der Waals surface area contributed by atoms with Gasteiger partial charge < -0.3 is 10.6 Å². The number of rotatable bonds is 7. The second-order valence-electron chi connectivity index (χ2n) is 4.42. The highest BCUT2D eigenvalue weighted by molar-refractivity contribution is 5.75. The normalized spacial score (nSPS) is 10.4. The summed E-state index contributed by atoms with van der Waals surface area (Å²) in [7, 11) is 1.88. The van der Waals surface area contributed by atoms with Crippen molar-refractivity contribution >= 4 is 5.91 Å². The third-order valence-electron chi connectivity index (χ3n) is 2.88. The molecule has 106 valence electrons. The van der Waals surface area contributed by atoms with E-state index in [1.54, 1.807) is 0 Å². The van der Waals surface area contributed by atoms with Crippen molar-refractivity contribution in [3.8, 4) is 11.4 Å². The van der Waals surface area contributed by atoms with Crippen molar-refractivity contribution in [2.45, 2.75) is 19.4 Å². The highest BCUT2D eigenvalue weighted by Crippen LogP contribution is 2.13. The number of hydrogen-bond donors (Lipinski definition) is 3. The predicted molar refractivity (Wildman–Crippen MR) is 74.6 cm³/mol. The van der Waals surface area contributed by atoms with Gasteiger partial charge in [-0.3, -0.25) is 4.79 Å². The molecule has 0 aliphatic heterocycles. The molecule has 0 aliphatic carbocycles. The molecule has 1 aromatic carbocycles. The van der Waals surface area contributed by atoms with E-state index in [1.165, 1.54) is 0 Å². The number of aromatic amines is 1. The van der Waals surface area contributed by atoms with Crippen LogP contribution in [-0.4, -0.2) is 40.1 Å². The van der Waals surface area contributed by atoms with Gasteiger partial charge in [0.15, 0.2) is 0 Å². The number of hydrogen-bond acceptors (Lipinski definition) is 5. The SMILES string of the molecule is CNCCCC(=O)NCc1ccc(-c2nn[nH]n2)cc1. The lowest BCUT2D eigenvalue weighted by atomic mass is 10.1. The lowest BCUT2D eigenvalue weighted by Crippen LogP contribution is -2.23. The number of tetrazole rings is 1. The van der Waals surface area contributed by atoms with Crippen LogP contribution in [0.1, 0.15) is 18.4 Å². The molecule has 2 rings (SSSR count). The van der Waals surface area contributed by atoms with Gasteiger partial charge in [-0.1, -0.05) is 24.3 Å². The molecule has 0 atom stereocenters. The maximum Gasteiger partial charge on any atom is 0.220 e. The van der Waals surface area contributed by atoms with E-state index in [9.17, 15) is 4.79 Å². The Morgan fingerprint density at radius 1 is 1.30 bits per heavy atom. The average Bonchev–Trinajstić information content (AvgIpc) is 3.00. The standard InChI is InChI=1S/C13H18N6O/c1-14-8-2-3-12(20)15-9-10-4-6-11(7-5-10)13-16-18-19-17-13/h4-7,14H,2-3,8-9H2,1H3,(H,15,20)(H,16,17,18,19). The molecule has 7 nitrogen and oxygen atoms in total. The number of carbonyl (C=O) groups is 1. The molecule has 20 heavy (non-hydrogen) atoms. The minimum absolute atomic E-state index is 0.0718. The zero-order valence-corrected chi connectivity index (χ0v) is 11.4. The van der Waals surface area contributed by atoms with Gasteiger partial charge in [0.1, 0.15) is 0 Å². The second kappa shape index (κ2) is 7.34. The minimum Gasteiger partial charge on any atom is -0.352 e. The molecule has 2 aromatic rings. The molecule has 1 heterocycles. The van der Waals surface area contributed by atoms with E-state index in [2.05, 4.69) is 31.3 Å². The summed E-state index contributed by atoms with van der Waals surface area (Å²) in [5, 5.41) is 19.7. The zero-order valence-electron chi connectivity index (χ0n) is 11.4. The van der Waals surface area contributed by atoms with Gasteiger partial charge in [-0.25, -0.2) is 0 Å². The molecule has 0 saturated heterocycles. The molecule has 0 fully saturated rings. The number of benzene rings is 1. The van der Waals surface area contributed by atoms with Crippen molar-refractivity contribution in [2.24, 2.45) is 0 Å². The van der Waals surface area contributed by atoms with Gasteiger partial charge in [0, 0.05) is 18.5 Å². The fourth-order valence-corrected chi connectivity index (χ4v) is 1.77. The fourth-order valence-electron chi connectivity index (χ4n) is 1.77. The number of amides is 1. The third-order valence-corrected chi connectivity index (χ3v) is 2.88. The fraction of sp³-hybridized carbons (Fsp3) is 0.385. The first-order chi connectivity index (χ1) is 9.79. The molecule has 0 bridgehead atoms. The van der Waals surface area contributed by atoms with Crippen LogP contribution in [0.25, 0.3) is 11.4 Å². The van der Waals surface area contributed by atoms with Gasteiger partial charge >= 0.3 is 0 Å². The van der Waals surface area contributed by atoms with Gasteiger partial charge in [-0.2, -0.15) is 5.21 Å². The van der Waals surface area contributed by atoms with Crippen LogP contribution in [0, 0.1) is 0 Å². The molecule has 0 unspecified atom stereocenters. The van der Waals surface area contributed by atoms with E-state index >= 15 is 0 Å². The zero-order chi connectivity index (χ0) is 14.2. The number of nitrogens with zero attached hydrogens (tertiary/aromatic N) is 3. The van der Waals surface area contributed by atoms with Crippen LogP contribution in [0.5, 0.6) is 0 Å². The first-order valence-electron chi connectivity index (χ1n) is 6.53. The van der Waals surface area contributed by atoms with Gasteiger partial charge in [0.2, 0.25) is 11.7 Å². The van der Waals surface area contributed by atoms with E-state index in [4.69, 9.17) is 0 Å².